The lowest BCUT2D eigenvalue weighted by Crippen LogP contribution is -1.98. The van der Waals surface area contributed by atoms with Gasteiger partial charge in [0.2, 0.25) is 5.88 Å². The number of hydrogen-bond acceptors (Lipinski definition) is 4. The number of hydrogen-bond donors (Lipinski definition) is 0. The fourth-order valence-corrected chi connectivity index (χ4v) is 3.28. The maximum Gasteiger partial charge on any atom is 0.223 e. The molecule has 0 aliphatic heterocycles. The summed E-state index contributed by atoms with van der Waals surface area (Å²) in [5, 5.41) is 0.469. The van der Waals surface area contributed by atoms with Crippen LogP contribution in [0.5, 0.6) is 11.6 Å². The molecule has 0 saturated heterocycles. The molecule has 0 radical (unpaired) electrons. The van der Waals surface area contributed by atoms with Gasteiger partial charge in [0.25, 0.3) is 0 Å². The molecule has 3 rings (SSSR count). The van der Waals surface area contributed by atoms with Gasteiger partial charge in [-0.3, -0.25) is 0 Å². The van der Waals surface area contributed by atoms with Crippen LogP contribution in [0.1, 0.15) is 29.3 Å². The summed E-state index contributed by atoms with van der Waals surface area (Å²) in [6.07, 6.45) is 0.716. The van der Waals surface area contributed by atoms with Crippen molar-refractivity contribution >= 4 is 11.8 Å². The van der Waals surface area contributed by atoms with Gasteiger partial charge in [-0.2, -0.15) is 4.98 Å². The molecule has 3 aromatic rings. The first kappa shape index (κ1) is 19.3. The lowest BCUT2D eigenvalue weighted by Gasteiger charge is -2.10. The highest BCUT2D eigenvalue weighted by atomic mass is 32.2. The Labute approximate surface area is 161 Å². The number of aryl methyl sites for hydroxylation is 3. The van der Waals surface area contributed by atoms with Gasteiger partial charge in [-0.1, -0.05) is 24.8 Å². The maximum atomic E-state index is 13.8. The SMILES string of the molecule is CCc1cc(Oc2ccc(C)c(C)c2)nc(SCc2cc(F)ccc2F)n1. The summed E-state index contributed by atoms with van der Waals surface area (Å²) in [6, 6.07) is 11.1. The average molecular weight is 386 g/mol. The zero-order valence-corrected chi connectivity index (χ0v) is 16.2. The summed E-state index contributed by atoms with van der Waals surface area (Å²) in [4.78, 5) is 8.86. The Morgan fingerprint density at radius 3 is 2.52 bits per heavy atom. The van der Waals surface area contributed by atoms with E-state index in [1.165, 1.54) is 23.4 Å². The van der Waals surface area contributed by atoms with Gasteiger partial charge in [-0.25, -0.2) is 13.8 Å². The van der Waals surface area contributed by atoms with E-state index >= 15 is 0 Å². The summed E-state index contributed by atoms with van der Waals surface area (Å²) in [5.74, 6) is 0.467. The van der Waals surface area contributed by atoms with Gasteiger partial charge in [0, 0.05) is 23.1 Å². The minimum absolute atomic E-state index is 0.236. The monoisotopic (exact) mass is 386 g/mol. The number of rotatable bonds is 6. The van der Waals surface area contributed by atoms with Crippen LogP contribution >= 0.6 is 11.8 Å². The number of benzene rings is 2. The topological polar surface area (TPSA) is 35.0 Å². The molecule has 1 heterocycles. The molecule has 140 valence electrons. The van der Waals surface area contributed by atoms with E-state index in [0.717, 1.165) is 23.4 Å². The zero-order chi connectivity index (χ0) is 19.4. The van der Waals surface area contributed by atoms with E-state index in [1.54, 1.807) is 6.07 Å². The molecule has 0 bridgehead atoms. The number of thioether (sulfide) groups is 1. The Morgan fingerprint density at radius 2 is 1.78 bits per heavy atom. The highest BCUT2D eigenvalue weighted by Crippen LogP contribution is 2.27. The van der Waals surface area contributed by atoms with Crippen molar-refractivity contribution in [2.75, 3.05) is 0 Å². The summed E-state index contributed by atoms with van der Waals surface area (Å²) in [6.45, 7) is 6.05. The predicted octanol–water partition coefficient (Wildman–Crippen LogP) is 6.02. The van der Waals surface area contributed by atoms with Crippen LogP contribution in [0.25, 0.3) is 0 Å². The van der Waals surface area contributed by atoms with Crippen LogP contribution in [-0.4, -0.2) is 9.97 Å². The van der Waals surface area contributed by atoms with Crippen molar-refractivity contribution in [3.63, 3.8) is 0 Å². The van der Waals surface area contributed by atoms with Crippen molar-refractivity contribution in [1.82, 2.24) is 9.97 Å². The first-order valence-corrected chi connectivity index (χ1v) is 9.63. The molecule has 0 fully saturated rings. The third-order valence-electron chi connectivity index (χ3n) is 4.16. The summed E-state index contributed by atoms with van der Waals surface area (Å²) in [7, 11) is 0. The van der Waals surface area contributed by atoms with Crippen LogP contribution in [-0.2, 0) is 12.2 Å². The number of halogens is 2. The van der Waals surface area contributed by atoms with Gasteiger partial charge in [-0.15, -0.1) is 0 Å². The number of ether oxygens (including phenoxy) is 1. The number of nitrogens with zero attached hydrogens (tertiary/aromatic N) is 2. The molecule has 0 spiro atoms. The maximum absolute atomic E-state index is 13.8. The molecule has 0 aliphatic carbocycles. The van der Waals surface area contributed by atoms with E-state index in [2.05, 4.69) is 9.97 Å². The summed E-state index contributed by atoms with van der Waals surface area (Å²) < 4.78 is 33.0. The third-order valence-corrected chi connectivity index (χ3v) is 5.06. The average Bonchev–Trinajstić information content (AvgIpc) is 2.65. The molecule has 0 aliphatic rings. The van der Waals surface area contributed by atoms with Crippen molar-refractivity contribution in [2.45, 2.75) is 38.1 Å². The van der Waals surface area contributed by atoms with Gasteiger partial charge in [0.05, 0.1) is 0 Å². The second kappa shape index (κ2) is 8.48. The lowest BCUT2D eigenvalue weighted by atomic mass is 10.1. The fraction of sp³-hybridized carbons (Fsp3) is 0.238. The Balaban J connectivity index is 1.80. The highest BCUT2D eigenvalue weighted by molar-refractivity contribution is 7.98. The molecule has 0 atom stereocenters. The Bertz CT molecular complexity index is 963. The van der Waals surface area contributed by atoms with Crippen LogP contribution in [0.4, 0.5) is 8.78 Å². The molecule has 0 unspecified atom stereocenters. The molecule has 27 heavy (non-hydrogen) atoms. The molecule has 0 N–H and O–H groups in total. The van der Waals surface area contributed by atoms with Gasteiger partial charge < -0.3 is 4.74 Å². The quantitative estimate of drug-likeness (QED) is 0.383. The van der Waals surface area contributed by atoms with Crippen molar-refractivity contribution in [1.29, 1.82) is 0 Å². The summed E-state index contributed by atoms with van der Waals surface area (Å²) >= 11 is 1.25. The largest absolute Gasteiger partial charge is 0.439 e. The molecule has 1 aromatic heterocycles. The van der Waals surface area contributed by atoms with E-state index in [9.17, 15) is 8.78 Å². The van der Waals surface area contributed by atoms with Gasteiger partial charge in [0.15, 0.2) is 5.16 Å². The second-order valence-corrected chi connectivity index (χ2v) is 7.15. The minimum Gasteiger partial charge on any atom is -0.439 e. The van der Waals surface area contributed by atoms with Crippen LogP contribution in [0.2, 0.25) is 0 Å². The van der Waals surface area contributed by atoms with E-state index < -0.39 is 11.6 Å². The summed E-state index contributed by atoms with van der Waals surface area (Å²) in [5.41, 5.74) is 3.43. The predicted molar refractivity (Wildman–Crippen MR) is 103 cm³/mol. The van der Waals surface area contributed by atoms with Crippen LogP contribution in [0.15, 0.2) is 47.6 Å². The number of aromatic nitrogens is 2. The molecule has 0 saturated carbocycles. The molecule has 0 amide bonds. The first-order chi connectivity index (χ1) is 12.9. The van der Waals surface area contributed by atoms with Crippen molar-refractivity contribution in [3.05, 3.63) is 76.5 Å². The van der Waals surface area contributed by atoms with E-state index in [1.807, 2.05) is 39.0 Å². The minimum atomic E-state index is -0.464. The lowest BCUT2D eigenvalue weighted by molar-refractivity contribution is 0.453. The standard InChI is InChI=1S/C21H20F2N2OS/c1-4-17-11-20(26-18-7-5-13(2)14(3)9-18)25-21(24-17)27-12-15-10-16(22)6-8-19(15)23/h5-11H,4,12H2,1-3H3. The van der Waals surface area contributed by atoms with Gasteiger partial charge in [0.1, 0.15) is 17.4 Å². The van der Waals surface area contributed by atoms with Gasteiger partial charge in [-0.05, 0) is 61.7 Å². The van der Waals surface area contributed by atoms with E-state index in [0.29, 0.717) is 23.2 Å². The third kappa shape index (κ3) is 5.04. The molecule has 3 nitrogen and oxygen atoms in total. The van der Waals surface area contributed by atoms with Crippen LogP contribution < -0.4 is 4.74 Å². The smallest absolute Gasteiger partial charge is 0.223 e. The highest BCUT2D eigenvalue weighted by Gasteiger charge is 2.10. The van der Waals surface area contributed by atoms with Crippen LogP contribution in [0, 0.1) is 25.5 Å². The van der Waals surface area contributed by atoms with Crippen molar-refractivity contribution < 1.29 is 13.5 Å². The molecule has 2 aromatic carbocycles. The molecular weight excluding hydrogens is 366 g/mol. The zero-order valence-electron chi connectivity index (χ0n) is 15.4. The van der Waals surface area contributed by atoms with E-state index in [4.69, 9.17) is 4.74 Å². The Hall–Kier alpha value is -2.47. The normalized spacial score (nSPS) is 10.9. The van der Waals surface area contributed by atoms with E-state index in [-0.39, 0.29) is 11.3 Å². The molecule has 6 heteroatoms. The van der Waals surface area contributed by atoms with Crippen molar-refractivity contribution in [2.24, 2.45) is 0 Å². The van der Waals surface area contributed by atoms with Gasteiger partial charge >= 0.3 is 0 Å². The Morgan fingerprint density at radius 1 is 0.963 bits per heavy atom. The fourth-order valence-electron chi connectivity index (χ4n) is 2.44. The first-order valence-electron chi connectivity index (χ1n) is 8.64. The van der Waals surface area contributed by atoms with Crippen LogP contribution in [0.3, 0.4) is 0 Å². The van der Waals surface area contributed by atoms with Crippen molar-refractivity contribution in [3.8, 4) is 11.6 Å². The Kier molecular flexibility index (Phi) is 6.06. The molecular formula is C21H20F2N2OS. The second-order valence-electron chi connectivity index (χ2n) is 6.21.